The van der Waals surface area contributed by atoms with Crippen LogP contribution in [0.1, 0.15) is 21.5 Å². The number of amides is 1. The minimum atomic E-state index is -0.387. The third-order valence-electron chi connectivity index (χ3n) is 4.14. The lowest BCUT2D eigenvalue weighted by Crippen LogP contribution is -1.99. The quantitative estimate of drug-likeness (QED) is 0.747. The number of hydrogen-bond acceptors (Lipinski definition) is 3. The van der Waals surface area contributed by atoms with E-state index in [-0.39, 0.29) is 11.8 Å². The van der Waals surface area contributed by atoms with E-state index in [2.05, 4.69) is 9.98 Å². The lowest BCUT2D eigenvalue weighted by atomic mass is 10.0. The van der Waals surface area contributed by atoms with Crippen molar-refractivity contribution >= 4 is 23.2 Å². The second-order valence-corrected chi connectivity index (χ2v) is 6.04. The summed E-state index contributed by atoms with van der Waals surface area (Å²) in [7, 11) is 1.59. The lowest BCUT2D eigenvalue weighted by Gasteiger charge is -2.02. The maximum Gasteiger partial charge on any atom is 0.280 e. The first-order valence-electron chi connectivity index (χ1n) is 7.57. The van der Waals surface area contributed by atoms with Crippen molar-refractivity contribution in [3.8, 4) is 22.9 Å². The summed E-state index contributed by atoms with van der Waals surface area (Å²) < 4.78 is 5.15. The normalized spacial score (nSPS) is 12.9. The van der Waals surface area contributed by atoms with E-state index < -0.39 is 0 Å². The van der Waals surface area contributed by atoms with Crippen molar-refractivity contribution in [3.05, 3.63) is 70.2 Å². The lowest BCUT2D eigenvalue weighted by molar-refractivity contribution is 0.101. The van der Waals surface area contributed by atoms with Gasteiger partial charge < -0.3 is 14.8 Å². The van der Waals surface area contributed by atoms with Crippen LogP contribution < -0.4 is 4.74 Å². The Kier molecular flexibility index (Phi) is 3.58. The first kappa shape index (κ1) is 15.5. The Bertz CT molecular complexity index is 1000. The summed E-state index contributed by atoms with van der Waals surface area (Å²) in [4.78, 5) is 19.5. The first-order chi connectivity index (χ1) is 12.1. The molecule has 1 amide bonds. The molecule has 2 aromatic carbocycles. The number of methoxy groups -OCH3 is 1. The molecule has 2 heterocycles. The van der Waals surface area contributed by atoms with Crippen molar-refractivity contribution < 1.29 is 14.6 Å². The topological polar surface area (TPSA) is 74.7 Å². The van der Waals surface area contributed by atoms with Gasteiger partial charge in [-0.1, -0.05) is 23.7 Å². The zero-order chi connectivity index (χ0) is 17.6. The van der Waals surface area contributed by atoms with Crippen LogP contribution in [-0.4, -0.2) is 28.8 Å². The fourth-order valence-corrected chi connectivity index (χ4v) is 3.06. The summed E-state index contributed by atoms with van der Waals surface area (Å²) in [6.07, 6.45) is 0. The van der Waals surface area contributed by atoms with E-state index in [0.29, 0.717) is 38.9 Å². The molecule has 2 N–H and O–H groups in total. The van der Waals surface area contributed by atoms with Gasteiger partial charge in [0.15, 0.2) is 5.88 Å². The van der Waals surface area contributed by atoms with Gasteiger partial charge in [0.1, 0.15) is 5.75 Å². The van der Waals surface area contributed by atoms with Crippen LogP contribution in [0.15, 0.2) is 53.5 Å². The number of aromatic nitrogens is 1. The molecule has 0 saturated carbocycles. The smallest absolute Gasteiger partial charge is 0.280 e. The molecule has 0 unspecified atom stereocenters. The summed E-state index contributed by atoms with van der Waals surface area (Å²) in [5.41, 5.74) is 3.23. The number of aliphatic imine (C=N–C) groups is 1. The van der Waals surface area contributed by atoms with E-state index in [4.69, 9.17) is 16.3 Å². The molecule has 1 aliphatic rings. The van der Waals surface area contributed by atoms with E-state index in [9.17, 15) is 9.90 Å². The highest BCUT2D eigenvalue weighted by Gasteiger charge is 2.33. The first-order valence-corrected chi connectivity index (χ1v) is 7.95. The molecule has 0 atom stereocenters. The van der Waals surface area contributed by atoms with Gasteiger partial charge in [-0.3, -0.25) is 4.79 Å². The standard InChI is InChI=1S/C19H13ClN2O3/c1-25-13-8-4-11(5-9-13)17-15-14(18(23)22-17)16(21-19(15)24)10-2-6-12(20)7-3-10/h2-9,22-23H,1H3. The van der Waals surface area contributed by atoms with E-state index in [1.807, 2.05) is 12.1 Å². The van der Waals surface area contributed by atoms with E-state index in [1.54, 1.807) is 43.5 Å². The van der Waals surface area contributed by atoms with Crippen LogP contribution in [0.2, 0.25) is 5.02 Å². The fraction of sp³-hybridized carbons (Fsp3) is 0.0526. The Balaban J connectivity index is 1.83. The molecule has 0 saturated heterocycles. The van der Waals surface area contributed by atoms with Crippen molar-refractivity contribution in [2.45, 2.75) is 0 Å². The third-order valence-corrected chi connectivity index (χ3v) is 4.39. The minimum Gasteiger partial charge on any atom is -0.497 e. The number of aromatic hydroxyl groups is 1. The van der Waals surface area contributed by atoms with Crippen molar-refractivity contribution in [2.75, 3.05) is 7.11 Å². The van der Waals surface area contributed by atoms with Crippen molar-refractivity contribution in [1.29, 1.82) is 0 Å². The molecule has 124 valence electrons. The Labute approximate surface area is 148 Å². The molecule has 0 radical (unpaired) electrons. The van der Waals surface area contributed by atoms with Crippen LogP contribution in [0.4, 0.5) is 0 Å². The van der Waals surface area contributed by atoms with Gasteiger partial charge in [-0.25, -0.2) is 4.99 Å². The minimum absolute atomic E-state index is 0.0830. The van der Waals surface area contributed by atoms with Gasteiger partial charge in [-0.05, 0) is 42.0 Å². The fourth-order valence-electron chi connectivity index (χ4n) is 2.94. The zero-order valence-electron chi connectivity index (χ0n) is 13.2. The van der Waals surface area contributed by atoms with Crippen LogP contribution in [-0.2, 0) is 0 Å². The number of ether oxygens (including phenoxy) is 1. The second-order valence-electron chi connectivity index (χ2n) is 5.60. The number of aromatic amines is 1. The van der Waals surface area contributed by atoms with Gasteiger partial charge >= 0.3 is 0 Å². The van der Waals surface area contributed by atoms with Crippen LogP contribution in [0.5, 0.6) is 11.6 Å². The number of carbonyl (C=O) groups excluding carboxylic acids is 1. The summed E-state index contributed by atoms with van der Waals surface area (Å²) in [5, 5.41) is 11.0. The molecule has 6 heteroatoms. The predicted octanol–water partition coefficient (Wildman–Crippen LogP) is 4.04. The highest BCUT2D eigenvalue weighted by atomic mass is 35.5. The van der Waals surface area contributed by atoms with Gasteiger partial charge in [-0.2, -0.15) is 0 Å². The summed E-state index contributed by atoms with van der Waals surface area (Å²) in [6.45, 7) is 0. The van der Waals surface area contributed by atoms with Gasteiger partial charge in [0.2, 0.25) is 0 Å². The summed E-state index contributed by atoms with van der Waals surface area (Å²) in [5.74, 6) is 0.239. The summed E-state index contributed by atoms with van der Waals surface area (Å²) in [6, 6.07) is 14.2. The molecule has 0 fully saturated rings. The van der Waals surface area contributed by atoms with E-state index >= 15 is 0 Å². The Morgan fingerprint density at radius 3 is 2.28 bits per heavy atom. The Hall–Kier alpha value is -3.05. The van der Waals surface area contributed by atoms with Crippen molar-refractivity contribution in [3.63, 3.8) is 0 Å². The number of H-pyrrole nitrogens is 1. The average Bonchev–Trinajstić information content (AvgIpc) is 3.15. The van der Waals surface area contributed by atoms with Crippen LogP contribution in [0.25, 0.3) is 11.3 Å². The van der Waals surface area contributed by atoms with Gasteiger partial charge in [-0.15, -0.1) is 0 Å². The van der Waals surface area contributed by atoms with Crippen LogP contribution >= 0.6 is 11.6 Å². The average molecular weight is 353 g/mol. The van der Waals surface area contributed by atoms with Gasteiger partial charge in [0, 0.05) is 10.6 Å². The number of hydrogen-bond donors (Lipinski definition) is 2. The molecule has 4 rings (SSSR count). The summed E-state index contributed by atoms with van der Waals surface area (Å²) >= 11 is 5.91. The molecule has 0 aliphatic carbocycles. The highest BCUT2D eigenvalue weighted by molar-refractivity contribution is 6.32. The Morgan fingerprint density at radius 1 is 1.00 bits per heavy atom. The van der Waals surface area contributed by atoms with E-state index in [0.717, 1.165) is 5.56 Å². The maximum atomic E-state index is 12.5. The number of halogens is 1. The number of benzene rings is 2. The monoisotopic (exact) mass is 352 g/mol. The molecule has 0 bridgehead atoms. The molecule has 3 aromatic rings. The molecule has 1 aliphatic heterocycles. The number of fused-ring (bicyclic) bond motifs is 1. The molecule has 25 heavy (non-hydrogen) atoms. The number of carbonyl (C=O) groups is 1. The Morgan fingerprint density at radius 2 is 1.64 bits per heavy atom. The SMILES string of the molecule is COc1ccc(-c2[nH]c(O)c3c2C(=O)N=C3c2ccc(Cl)cc2)cc1. The van der Waals surface area contributed by atoms with Crippen molar-refractivity contribution in [1.82, 2.24) is 4.98 Å². The molecular formula is C19H13ClN2O3. The predicted molar refractivity (Wildman–Crippen MR) is 95.9 cm³/mol. The molecule has 0 spiro atoms. The van der Waals surface area contributed by atoms with Crippen molar-refractivity contribution in [2.24, 2.45) is 4.99 Å². The zero-order valence-corrected chi connectivity index (χ0v) is 14.0. The number of nitrogens with one attached hydrogen (secondary N) is 1. The molecule has 1 aromatic heterocycles. The molecular weight excluding hydrogens is 340 g/mol. The largest absolute Gasteiger partial charge is 0.497 e. The third kappa shape index (κ3) is 2.49. The molecule has 5 nitrogen and oxygen atoms in total. The van der Waals surface area contributed by atoms with Crippen LogP contribution in [0.3, 0.4) is 0 Å². The highest BCUT2D eigenvalue weighted by Crippen LogP contribution is 2.38. The van der Waals surface area contributed by atoms with E-state index in [1.165, 1.54) is 0 Å². The number of nitrogens with zero attached hydrogens (tertiary/aromatic N) is 1. The van der Waals surface area contributed by atoms with Gasteiger partial charge in [0.05, 0.1) is 29.6 Å². The second kappa shape index (κ2) is 5.79. The number of rotatable bonds is 3. The van der Waals surface area contributed by atoms with Gasteiger partial charge in [0.25, 0.3) is 5.91 Å². The maximum absolute atomic E-state index is 12.5. The van der Waals surface area contributed by atoms with Crippen LogP contribution in [0, 0.1) is 0 Å².